The SMILES string of the molecule is COCCN(CCOC)Cc1nc2ccc(N)cc2o1. The molecule has 6 nitrogen and oxygen atoms in total. The Morgan fingerprint density at radius 1 is 1.20 bits per heavy atom. The molecular weight excluding hydrogens is 258 g/mol. The van der Waals surface area contributed by atoms with E-state index in [9.17, 15) is 0 Å². The van der Waals surface area contributed by atoms with Crippen molar-refractivity contribution in [2.24, 2.45) is 0 Å². The molecule has 0 radical (unpaired) electrons. The summed E-state index contributed by atoms with van der Waals surface area (Å²) in [5.41, 5.74) is 7.96. The van der Waals surface area contributed by atoms with Gasteiger partial charge in [-0.15, -0.1) is 0 Å². The van der Waals surface area contributed by atoms with Crippen LogP contribution in [0.1, 0.15) is 5.89 Å². The molecule has 20 heavy (non-hydrogen) atoms. The Labute approximate surface area is 118 Å². The Morgan fingerprint density at radius 3 is 2.55 bits per heavy atom. The van der Waals surface area contributed by atoms with E-state index in [2.05, 4.69) is 9.88 Å². The molecular formula is C14H21N3O3. The quantitative estimate of drug-likeness (QED) is 0.738. The first-order valence-electron chi connectivity index (χ1n) is 6.58. The van der Waals surface area contributed by atoms with Crippen LogP contribution in [0, 0.1) is 0 Å². The molecule has 0 amide bonds. The molecule has 0 aliphatic carbocycles. The van der Waals surface area contributed by atoms with Crippen molar-refractivity contribution in [1.82, 2.24) is 9.88 Å². The number of benzene rings is 1. The van der Waals surface area contributed by atoms with E-state index in [1.807, 2.05) is 12.1 Å². The highest BCUT2D eigenvalue weighted by molar-refractivity contribution is 5.76. The Kier molecular flexibility index (Phi) is 5.34. The standard InChI is InChI=1S/C14H21N3O3/c1-18-7-5-17(6-8-19-2)10-14-16-12-4-3-11(15)9-13(12)20-14/h3-4,9H,5-8,10,15H2,1-2H3. The number of methoxy groups -OCH3 is 2. The summed E-state index contributed by atoms with van der Waals surface area (Å²) in [5, 5.41) is 0. The number of fused-ring (bicyclic) bond motifs is 1. The molecule has 110 valence electrons. The molecule has 0 aliphatic rings. The van der Waals surface area contributed by atoms with E-state index in [0.29, 0.717) is 31.3 Å². The summed E-state index contributed by atoms with van der Waals surface area (Å²) in [6.45, 7) is 3.57. The van der Waals surface area contributed by atoms with E-state index in [0.717, 1.165) is 24.2 Å². The van der Waals surface area contributed by atoms with Gasteiger partial charge in [-0.3, -0.25) is 4.90 Å². The van der Waals surface area contributed by atoms with Crippen LogP contribution >= 0.6 is 0 Å². The van der Waals surface area contributed by atoms with Crippen molar-refractivity contribution in [3.05, 3.63) is 24.1 Å². The summed E-state index contributed by atoms with van der Waals surface area (Å²) in [7, 11) is 3.38. The molecule has 0 spiro atoms. The van der Waals surface area contributed by atoms with Crippen LogP contribution < -0.4 is 5.73 Å². The number of oxazole rings is 1. The van der Waals surface area contributed by atoms with E-state index in [1.54, 1.807) is 20.3 Å². The monoisotopic (exact) mass is 279 g/mol. The molecule has 0 fully saturated rings. The molecule has 0 unspecified atom stereocenters. The summed E-state index contributed by atoms with van der Waals surface area (Å²) in [5.74, 6) is 0.679. The molecule has 1 heterocycles. The van der Waals surface area contributed by atoms with Crippen molar-refractivity contribution < 1.29 is 13.9 Å². The number of hydrogen-bond acceptors (Lipinski definition) is 6. The molecule has 2 N–H and O–H groups in total. The number of rotatable bonds is 8. The second-order valence-electron chi connectivity index (χ2n) is 4.60. The lowest BCUT2D eigenvalue weighted by Gasteiger charge is -2.19. The van der Waals surface area contributed by atoms with Gasteiger partial charge in [0.2, 0.25) is 5.89 Å². The lowest BCUT2D eigenvalue weighted by molar-refractivity contribution is 0.105. The van der Waals surface area contributed by atoms with Crippen LogP contribution in [0.2, 0.25) is 0 Å². The minimum atomic E-state index is 0.626. The van der Waals surface area contributed by atoms with Gasteiger partial charge in [-0.25, -0.2) is 4.98 Å². The van der Waals surface area contributed by atoms with E-state index in [4.69, 9.17) is 19.6 Å². The summed E-state index contributed by atoms with van der Waals surface area (Å²) < 4.78 is 16.0. The van der Waals surface area contributed by atoms with Gasteiger partial charge in [-0.05, 0) is 12.1 Å². The molecule has 0 saturated carbocycles. The lowest BCUT2D eigenvalue weighted by Crippen LogP contribution is -2.30. The average molecular weight is 279 g/mol. The van der Waals surface area contributed by atoms with E-state index >= 15 is 0 Å². The van der Waals surface area contributed by atoms with Crippen molar-refractivity contribution in [2.75, 3.05) is 46.3 Å². The van der Waals surface area contributed by atoms with Crippen LogP contribution in [0.4, 0.5) is 5.69 Å². The Hall–Kier alpha value is -1.63. The van der Waals surface area contributed by atoms with Gasteiger partial charge in [-0.2, -0.15) is 0 Å². The van der Waals surface area contributed by atoms with Gasteiger partial charge < -0.3 is 19.6 Å². The molecule has 0 saturated heterocycles. The summed E-state index contributed by atoms with van der Waals surface area (Å²) in [6, 6.07) is 5.48. The summed E-state index contributed by atoms with van der Waals surface area (Å²) in [6.07, 6.45) is 0. The first-order chi connectivity index (χ1) is 9.72. The number of anilines is 1. The largest absolute Gasteiger partial charge is 0.439 e. The van der Waals surface area contributed by atoms with Crippen LogP contribution in [-0.4, -0.2) is 50.4 Å². The second-order valence-corrected chi connectivity index (χ2v) is 4.60. The third-order valence-electron chi connectivity index (χ3n) is 3.04. The smallest absolute Gasteiger partial charge is 0.209 e. The van der Waals surface area contributed by atoms with E-state index in [1.165, 1.54) is 0 Å². The fourth-order valence-corrected chi connectivity index (χ4v) is 1.96. The fraction of sp³-hybridized carbons (Fsp3) is 0.500. The molecule has 1 aromatic heterocycles. The number of nitrogens with zero attached hydrogens (tertiary/aromatic N) is 2. The zero-order chi connectivity index (χ0) is 14.4. The zero-order valence-electron chi connectivity index (χ0n) is 12.0. The predicted octanol–water partition coefficient (Wildman–Crippen LogP) is 1.50. The van der Waals surface area contributed by atoms with Crippen molar-refractivity contribution in [2.45, 2.75) is 6.54 Å². The molecule has 0 atom stereocenters. The van der Waals surface area contributed by atoms with Gasteiger partial charge in [-0.1, -0.05) is 0 Å². The molecule has 0 bridgehead atoms. The average Bonchev–Trinajstić information content (AvgIpc) is 2.83. The highest BCUT2D eigenvalue weighted by atomic mass is 16.5. The van der Waals surface area contributed by atoms with Crippen LogP contribution in [-0.2, 0) is 16.0 Å². The van der Waals surface area contributed by atoms with Crippen molar-refractivity contribution >= 4 is 16.8 Å². The zero-order valence-corrected chi connectivity index (χ0v) is 12.0. The first-order valence-corrected chi connectivity index (χ1v) is 6.58. The third kappa shape index (κ3) is 3.93. The van der Waals surface area contributed by atoms with Gasteiger partial charge in [0.25, 0.3) is 0 Å². The minimum Gasteiger partial charge on any atom is -0.439 e. The molecule has 1 aromatic carbocycles. The molecule has 6 heteroatoms. The maximum atomic E-state index is 5.73. The van der Waals surface area contributed by atoms with Crippen molar-refractivity contribution in [3.63, 3.8) is 0 Å². The number of nitrogens with two attached hydrogens (primary N) is 1. The Balaban J connectivity index is 2.06. The predicted molar refractivity (Wildman–Crippen MR) is 77.5 cm³/mol. The summed E-state index contributed by atoms with van der Waals surface area (Å²) >= 11 is 0. The topological polar surface area (TPSA) is 73.8 Å². The Morgan fingerprint density at radius 2 is 1.90 bits per heavy atom. The van der Waals surface area contributed by atoms with Crippen molar-refractivity contribution in [3.8, 4) is 0 Å². The second kappa shape index (κ2) is 7.23. The summed E-state index contributed by atoms with van der Waals surface area (Å²) in [4.78, 5) is 6.65. The normalized spacial score (nSPS) is 11.6. The maximum Gasteiger partial charge on any atom is 0.209 e. The van der Waals surface area contributed by atoms with Gasteiger partial charge in [0, 0.05) is 39.1 Å². The van der Waals surface area contributed by atoms with E-state index < -0.39 is 0 Å². The van der Waals surface area contributed by atoms with Gasteiger partial charge >= 0.3 is 0 Å². The Bertz CT molecular complexity index is 533. The van der Waals surface area contributed by atoms with Gasteiger partial charge in [0.15, 0.2) is 5.58 Å². The molecule has 0 aliphatic heterocycles. The van der Waals surface area contributed by atoms with Crippen LogP contribution in [0.3, 0.4) is 0 Å². The number of hydrogen-bond donors (Lipinski definition) is 1. The first kappa shape index (κ1) is 14.8. The highest BCUT2D eigenvalue weighted by Crippen LogP contribution is 2.19. The number of nitrogen functional groups attached to an aromatic ring is 1. The molecule has 2 aromatic rings. The van der Waals surface area contributed by atoms with Crippen molar-refractivity contribution in [1.29, 1.82) is 0 Å². The molecule has 2 rings (SSSR count). The van der Waals surface area contributed by atoms with Crippen LogP contribution in [0.5, 0.6) is 0 Å². The van der Waals surface area contributed by atoms with Gasteiger partial charge in [0.05, 0.1) is 19.8 Å². The highest BCUT2D eigenvalue weighted by Gasteiger charge is 2.11. The third-order valence-corrected chi connectivity index (χ3v) is 3.04. The number of aromatic nitrogens is 1. The van der Waals surface area contributed by atoms with Crippen LogP contribution in [0.25, 0.3) is 11.1 Å². The van der Waals surface area contributed by atoms with Gasteiger partial charge in [0.1, 0.15) is 5.52 Å². The number of ether oxygens (including phenoxy) is 2. The van der Waals surface area contributed by atoms with Crippen LogP contribution in [0.15, 0.2) is 22.6 Å². The lowest BCUT2D eigenvalue weighted by atomic mass is 10.3. The minimum absolute atomic E-state index is 0.626. The van der Waals surface area contributed by atoms with E-state index in [-0.39, 0.29) is 0 Å². The maximum absolute atomic E-state index is 5.73. The fourth-order valence-electron chi connectivity index (χ4n) is 1.96.